The van der Waals surface area contributed by atoms with Crippen LogP contribution in [-0.4, -0.2) is 62.0 Å². The summed E-state index contributed by atoms with van der Waals surface area (Å²) in [4.78, 5) is 29.3. The molecule has 28 heavy (non-hydrogen) atoms. The topological polar surface area (TPSA) is 59.1 Å². The van der Waals surface area contributed by atoms with Crippen LogP contribution in [0, 0.1) is 0 Å². The van der Waals surface area contributed by atoms with E-state index in [4.69, 9.17) is 21.1 Å². The van der Waals surface area contributed by atoms with Gasteiger partial charge in [0.15, 0.2) is 0 Å². The molecule has 1 saturated heterocycles. The summed E-state index contributed by atoms with van der Waals surface area (Å²) in [6, 6.07) is 12.0. The Kier molecular flexibility index (Phi) is 6.41. The van der Waals surface area contributed by atoms with Crippen LogP contribution in [0.25, 0.3) is 0 Å². The molecule has 3 rings (SSSR count). The van der Waals surface area contributed by atoms with Gasteiger partial charge in [-0.05, 0) is 36.8 Å². The van der Waals surface area contributed by atoms with Gasteiger partial charge < -0.3 is 19.3 Å². The van der Waals surface area contributed by atoms with Crippen molar-refractivity contribution < 1.29 is 19.1 Å². The monoisotopic (exact) mass is 402 g/mol. The van der Waals surface area contributed by atoms with Crippen molar-refractivity contribution in [2.45, 2.75) is 6.42 Å². The highest BCUT2D eigenvalue weighted by Gasteiger charge is 2.24. The van der Waals surface area contributed by atoms with Crippen molar-refractivity contribution in [3.8, 4) is 11.5 Å². The van der Waals surface area contributed by atoms with Gasteiger partial charge in [0, 0.05) is 48.4 Å². The summed E-state index contributed by atoms with van der Waals surface area (Å²) < 4.78 is 10.5. The number of benzene rings is 2. The molecule has 2 aromatic rings. The van der Waals surface area contributed by atoms with E-state index in [1.807, 2.05) is 0 Å². The van der Waals surface area contributed by atoms with E-state index in [2.05, 4.69) is 0 Å². The van der Waals surface area contributed by atoms with Crippen LogP contribution in [0.2, 0.25) is 5.02 Å². The molecule has 0 unspecified atom stereocenters. The van der Waals surface area contributed by atoms with Crippen molar-refractivity contribution in [2.75, 3.05) is 40.4 Å². The number of methoxy groups -OCH3 is 2. The number of carbonyl (C=O) groups is 2. The lowest BCUT2D eigenvalue weighted by atomic mass is 10.1. The van der Waals surface area contributed by atoms with E-state index in [1.54, 1.807) is 66.5 Å². The SMILES string of the molecule is COc1cc(OC)cc(C(=O)N2CCCN(C(=O)c3cccc(Cl)c3)CC2)c1. The van der Waals surface area contributed by atoms with E-state index < -0.39 is 0 Å². The number of carbonyl (C=O) groups excluding carboxylic acids is 2. The summed E-state index contributed by atoms with van der Waals surface area (Å²) in [5, 5.41) is 0.532. The molecule has 0 atom stereocenters. The lowest BCUT2D eigenvalue weighted by molar-refractivity contribution is 0.0718. The zero-order valence-electron chi connectivity index (χ0n) is 16.0. The normalized spacial score (nSPS) is 14.4. The molecule has 1 aliphatic rings. The van der Waals surface area contributed by atoms with Gasteiger partial charge in [-0.15, -0.1) is 0 Å². The molecule has 1 fully saturated rings. The first-order chi connectivity index (χ1) is 13.5. The Hall–Kier alpha value is -2.73. The first kappa shape index (κ1) is 20.0. The number of hydrogen-bond donors (Lipinski definition) is 0. The molecule has 0 spiro atoms. The molecule has 1 heterocycles. The Bertz CT molecular complexity index is 849. The summed E-state index contributed by atoms with van der Waals surface area (Å²) in [6.07, 6.45) is 0.707. The number of rotatable bonds is 4. The maximum atomic E-state index is 13.0. The average Bonchev–Trinajstić information content (AvgIpc) is 2.98. The van der Waals surface area contributed by atoms with E-state index in [1.165, 1.54) is 0 Å². The van der Waals surface area contributed by atoms with Gasteiger partial charge in [-0.1, -0.05) is 17.7 Å². The van der Waals surface area contributed by atoms with Crippen molar-refractivity contribution in [1.82, 2.24) is 9.80 Å². The van der Waals surface area contributed by atoms with Crippen molar-refractivity contribution in [3.63, 3.8) is 0 Å². The zero-order chi connectivity index (χ0) is 20.1. The molecule has 0 aromatic heterocycles. The van der Waals surface area contributed by atoms with E-state index in [0.29, 0.717) is 60.2 Å². The summed E-state index contributed by atoms with van der Waals surface area (Å²) >= 11 is 6.00. The maximum Gasteiger partial charge on any atom is 0.254 e. The highest BCUT2D eigenvalue weighted by molar-refractivity contribution is 6.30. The summed E-state index contributed by atoms with van der Waals surface area (Å²) in [7, 11) is 3.10. The smallest absolute Gasteiger partial charge is 0.254 e. The highest BCUT2D eigenvalue weighted by atomic mass is 35.5. The van der Waals surface area contributed by atoms with Gasteiger partial charge in [-0.25, -0.2) is 0 Å². The van der Waals surface area contributed by atoms with Gasteiger partial charge in [-0.3, -0.25) is 9.59 Å². The quantitative estimate of drug-likeness (QED) is 0.787. The van der Waals surface area contributed by atoms with Gasteiger partial charge in [0.1, 0.15) is 11.5 Å². The zero-order valence-corrected chi connectivity index (χ0v) is 16.7. The molecule has 0 saturated carbocycles. The Morgan fingerprint density at radius 1 is 0.821 bits per heavy atom. The van der Waals surface area contributed by atoms with Crippen molar-refractivity contribution in [2.24, 2.45) is 0 Å². The van der Waals surface area contributed by atoms with Gasteiger partial charge in [0.25, 0.3) is 11.8 Å². The first-order valence-electron chi connectivity index (χ1n) is 9.09. The van der Waals surface area contributed by atoms with Crippen LogP contribution in [0.15, 0.2) is 42.5 Å². The largest absolute Gasteiger partial charge is 0.497 e. The third kappa shape index (κ3) is 4.57. The van der Waals surface area contributed by atoms with Gasteiger partial charge in [0.2, 0.25) is 0 Å². The van der Waals surface area contributed by atoms with E-state index >= 15 is 0 Å². The molecule has 0 N–H and O–H groups in total. The molecule has 0 bridgehead atoms. The third-order valence-corrected chi connectivity index (χ3v) is 4.98. The van der Waals surface area contributed by atoms with Gasteiger partial charge in [0.05, 0.1) is 14.2 Å². The second-order valence-electron chi connectivity index (χ2n) is 6.55. The van der Waals surface area contributed by atoms with Crippen LogP contribution in [0.5, 0.6) is 11.5 Å². The van der Waals surface area contributed by atoms with Crippen LogP contribution in [0.1, 0.15) is 27.1 Å². The van der Waals surface area contributed by atoms with E-state index in [-0.39, 0.29) is 11.8 Å². The fourth-order valence-corrected chi connectivity index (χ4v) is 3.43. The molecular formula is C21H23ClN2O4. The van der Waals surface area contributed by atoms with Crippen molar-refractivity contribution >= 4 is 23.4 Å². The molecule has 7 heteroatoms. The molecular weight excluding hydrogens is 380 g/mol. The van der Waals surface area contributed by atoms with Gasteiger partial charge in [-0.2, -0.15) is 0 Å². The second-order valence-corrected chi connectivity index (χ2v) is 6.99. The molecule has 0 radical (unpaired) electrons. The Balaban J connectivity index is 1.71. The van der Waals surface area contributed by atoms with Crippen LogP contribution in [0.4, 0.5) is 0 Å². The number of amides is 2. The molecule has 1 aliphatic heterocycles. The van der Waals surface area contributed by atoms with Crippen molar-refractivity contribution in [1.29, 1.82) is 0 Å². The minimum Gasteiger partial charge on any atom is -0.497 e. The van der Waals surface area contributed by atoms with Crippen LogP contribution < -0.4 is 9.47 Å². The summed E-state index contributed by atoms with van der Waals surface area (Å²) in [5.74, 6) is 0.958. The second kappa shape index (κ2) is 8.97. The molecule has 2 aromatic carbocycles. The number of ether oxygens (including phenoxy) is 2. The van der Waals surface area contributed by atoms with E-state index in [9.17, 15) is 9.59 Å². The maximum absolute atomic E-state index is 13.0. The lowest BCUT2D eigenvalue weighted by Gasteiger charge is -2.22. The number of nitrogens with zero attached hydrogens (tertiary/aromatic N) is 2. The minimum absolute atomic E-state index is 0.0696. The van der Waals surface area contributed by atoms with Crippen LogP contribution in [0.3, 0.4) is 0 Å². The number of hydrogen-bond acceptors (Lipinski definition) is 4. The molecule has 2 amide bonds. The predicted molar refractivity (Wildman–Crippen MR) is 107 cm³/mol. The minimum atomic E-state index is -0.103. The molecule has 0 aliphatic carbocycles. The molecule has 148 valence electrons. The highest BCUT2D eigenvalue weighted by Crippen LogP contribution is 2.24. The summed E-state index contributed by atoms with van der Waals surface area (Å²) in [5.41, 5.74) is 1.07. The Morgan fingerprint density at radius 3 is 1.93 bits per heavy atom. The fourth-order valence-electron chi connectivity index (χ4n) is 3.24. The first-order valence-corrected chi connectivity index (χ1v) is 9.47. The molecule has 6 nitrogen and oxygen atoms in total. The number of halogens is 1. The third-order valence-electron chi connectivity index (χ3n) is 4.74. The summed E-state index contributed by atoms with van der Waals surface area (Å²) in [6.45, 7) is 2.11. The Labute approximate surface area is 169 Å². The van der Waals surface area contributed by atoms with Crippen LogP contribution in [-0.2, 0) is 0 Å². The van der Waals surface area contributed by atoms with E-state index in [0.717, 1.165) is 0 Å². The Morgan fingerprint density at radius 2 is 1.39 bits per heavy atom. The van der Waals surface area contributed by atoms with Gasteiger partial charge >= 0.3 is 0 Å². The lowest BCUT2D eigenvalue weighted by Crippen LogP contribution is -2.37. The van der Waals surface area contributed by atoms with Crippen molar-refractivity contribution in [3.05, 3.63) is 58.6 Å². The predicted octanol–water partition coefficient (Wildman–Crippen LogP) is 3.35. The standard InChI is InChI=1S/C21H23ClN2O4/c1-27-18-12-16(13-19(14-18)28-2)21(26)24-8-4-7-23(9-10-24)20(25)15-5-3-6-17(22)11-15/h3,5-6,11-14H,4,7-10H2,1-2H3. The fraction of sp³-hybridized carbons (Fsp3) is 0.333. The average molecular weight is 403 g/mol. The van der Waals surface area contributed by atoms with Crippen LogP contribution >= 0.6 is 11.6 Å².